The maximum atomic E-state index is 12.2. The van der Waals surface area contributed by atoms with Crippen molar-refractivity contribution in [3.63, 3.8) is 0 Å². The Morgan fingerprint density at radius 3 is 3.17 bits per heavy atom. The second kappa shape index (κ2) is 5.00. The van der Waals surface area contributed by atoms with Crippen molar-refractivity contribution in [2.45, 2.75) is 45.1 Å². The van der Waals surface area contributed by atoms with Gasteiger partial charge in [0.15, 0.2) is 0 Å². The molecular weight excluding hydrogens is 234 g/mol. The molecule has 2 unspecified atom stereocenters. The first-order valence-electron chi connectivity index (χ1n) is 6.37. The summed E-state index contributed by atoms with van der Waals surface area (Å²) < 4.78 is 10.3. The van der Waals surface area contributed by atoms with E-state index in [9.17, 15) is 4.79 Å². The average molecular weight is 253 g/mol. The molecule has 1 aliphatic carbocycles. The van der Waals surface area contributed by atoms with Gasteiger partial charge in [-0.1, -0.05) is 12.1 Å². The fourth-order valence-corrected chi connectivity index (χ4v) is 2.57. The third-order valence-corrected chi connectivity index (χ3v) is 3.48. The third-order valence-electron chi connectivity index (χ3n) is 3.48. The van der Waals surface area contributed by atoms with Gasteiger partial charge >= 0.3 is 5.97 Å². The molecule has 2 rings (SSSR count). The molecule has 0 aromatic heterocycles. The first kappa shape index (κ1) is 12.9. The Labute approximate surface area is 107 Å². The number of rotatable bonds is 5. The largest absolute Gasteiger partial charge is 0.466 e. The van der Waals surface area contributed by atoms with E-state index in [0.29, 0.717) is 13.0 Å². The van der Waals surface area contributed by atoms with Crippen molar-refractivity contribution in [1.82, 2.24) is 0 Å². The van der Waals surface area contributed by atoms with Gasteiger partial charge in [-0.2, -0.15) is 0 Å². The molecule has 0 bridgehead atoms. The number of esters is 1. The minimum absolute atomic E-state index is 0.0315. The number of hydrogen-bond donors (Lipinski definition) is 0. The minimum atomic E-state index is -0.942. The highest BCUT2D eigenvalue weighted by Crippen LogP contribution is 2.44. The van der Waals surface area contributed by atoms with Crippen LogP contribution in [0.5, 0.6) is 0 Å². The maximum absolute atomic E-state index is 12.2. The zero-order valence-corrected chi connectivity index (χ0v) is 10.9. The number of carbonyl (C=O) groups is 1. The zero-order chi connectivity index (χ0) is 13.2. The van der Waals surface area contributed by atoms with Gasteiger partial charge in [0.25, 0.3) is 5.95 Å². The quantitative estimate of drug-likeness (QED) is 0.557. The molecule has 0 aromatic rings. The van der Waals surface area contributed by atoms with Crippen LogP contribution in [0.25, 0.3) is 0 Å². The Balaban J connectivity index is 1.99. The second-order valence-electron chi connectivity index (χ2n) is 4.77. The molecule has 0 aromatic carbocycles. The molecule has 1 saturated carbocycles. The molecule has 5 heteroatoms. The predicted octanol–water partition coefficient (Wildman–Crippen LogP) is 2.37. The lowest BCUT2D eigenvalue weighted by Gasteiger charge is -2.24. The van der Waals surface area contributed by atoms with Crippen LogP contribution in [0, 0.1) is 5.92 Å². The molecule has 1 heterocycles. The van der Waals surface area contributed by atoms with Crippen molar-refractivity contribution in [2.24, 2.45) is 11.1 Å². The van der Waals surface area contributed by atoms with Crippen LogP contribution in [-0.2, 0) is 19.1 Å². The lowest BCUT2D eigenvalue weighted by Crippen LogP contribution is -2.43. The normalized spacial score (nSPS) is 29.2. The molecule has 0 amide bonds. The molecule has 2 atom stereocenters. The molecule has 100 valence electrons. The SMILES string of the molecule is C=C(OCCC)OC(=O)C12CCCC1C(C)=NO2. The lowest BCUT2D eigenvalue weighted by molar-refractivity contribution is -0.172. The lowest BCUT2D eigenvalue weighted by atomic mass is 9.88. The summed E-state index contributed by atoms with van der Waals surface area (Å²) in [5, 5.41) is 3.93. The summed E-state index contributed by atoms with van der Waals surface area (Å²) in [7, 11) is 0. The summed E-state index contributed by atoms with van der Waals surface area (Å²) in [6.07, 6.45) is 3.32. The van der Waals surface area contributed by atoms with Gasteiger partial charge in [0.05, 0.1) is 18.2 Å². The molecular formula is C13H19NO4. The molecule has 18 heavy (non-hydrogen) atoms. The molecule has 0 spiro atoms. The fourth-order valence-electron chi connectivity index (χ4n) is 2.57. The van der Waals surface area contributed by atoms with Gasteiger partial charge < -0.3 is 14.3 Å². The van der Waals surface area contributed by atoms with E-state index < -0.39 is 11.6 Å². The second-order valence-corrected chi connectivity index (χ2v) is 4.77. The summed E-state index contributed by atoms with van der Waals surface area (Å²) in [5.74, 6) is -0.370. The van der Waals surface area contributed by atoms with Gasteiger partial charge in [0, 0.05) is 6.42 Å². The number of nitrogens with zero attached hydrogens (tertiary/aromatic N) is 1. The van der Waals surface area contributed by atoms with E-state index >= 15 is 0 Å². The predicted molar refractivity (Wildman–Crippen MR) is 65.7 cm³/mol. The smallest absolute Gasteiger partial charge is 0.361 e. The van der Waals surface area contributed by atoms with Crippen molar-refractivity contribution in [1.29, 1.82) is 0 Å². The highest BCUT2D eigenvalue weighted by molar-refractivity contribution is 5.95. The van der Waals surface area contributed by atoms with Crippen molar-refractivity contribution in [3.05, 3.63) is 12.5 Å². The Morgan fingerprint density at radius 2 is 2.44 bits per heavy atom. The van der Waals surface area contributed by atoms with Crippen LogP contribution in [0.2, 0.25) is 0 Å². The Bertz CT molecular complexity index is 390. The number of hydrogen-bond acceptors (Lipinski definition) is 5. The van der Waals surface area contributed by atoms with Crippen molar-refractivity contribution < 1.29 is 19.1 Å². The number of ether oxygens (including phenoxy) is 2. The van der Waals surface area contributed by atoms with Crippen LogP contribution in [0.4, 0.5) is 0 Å². The van der Waals surface area contributed by atoms with Gasteiger partial charge in [-0.05, 0) is 32.8 Å². The van der Waals surface area contributed by atoms with Crippen LogP contribution >= 0.6 is 0 Å². The summed E-state index contributed by atoms with van der Waals surface area (Å²) in [4.78, 5) is 17.6. The summed E-state index contributed by atoms with van der Waals surface area (Å²) in [6.45, 7) is 7.91. The van der Waals surface area contributed by atoms with Crippen LogP contribution in [0.15, 0.2) is 17.7 Å². The van der Waals surface area contributed by atoms with Crippen LogP contribution in [-0.4, -0.2) is 23.9 Å². The molecule has 5 nitrogen and oxygen atoms in total. The van der Waals surface area contributed by atoms with Crippen LogP contribution in [0.3, 0.4) is 0 Å². The number of oxime groups is 1. The van der Waals surface area contributed by atoms with Gasteiger partial charge in [-0.15, -0.1) is 0 Å². The topological polar surface area (TPSA) is 57.1 Å². The van der Waals surface area contributed by atoms with E-state index in [-0.39, 0.29) is 11.9 Å². The molecule has 1 aliphatic heterocycles. The van der Waals surface area contributed by atoms with Gasteiger partial charge in [-0.3, -0.25) is 0 Å². The highest BCUT2D eigenvalue weighted by atomic mass is 16.7. The average Bonchev–Trinajstić information content (AvgIpc) is 2.89. The number of fused-ring (bicyclic) bond motifs is 1. The molecule has 0 radical (unpaired) electrons. The first-order chi connectivity index (χ1) is 8.60. The van der Waals surface area contributed by atoms with E-state index in [0.717, 1.165) is 25.0 Å². The maximum Gasteiger partial charge on any atom is 0.361 e. The Hall–Kier alpha value is -1.52. The summed E-state index contributed by atoms with van der Waals surface area (Å²) >= 11 is 0. The fraction of sp³-hybridized carbons (Fsp3) is 0.692. The van der Waals surface area contributed by atoms with E-state index in [1.165, 1.54) is 0 Å². The molecule has 1 fully saturated rings. The third kappa shape index (κ3) is 2.09. The van der Waals surface area contributed by atoms with Crippen molar-refractivity contribution in [3.8, 4) is 0 Å². The molecule has 2 aliphatic rings. The molecule has 0 N–H and O–H groups in total. The van der Waals surface area contributed by atoms with Gasteiger partial charge in [0.2, 0.25) is 5.60 Å². The van der Waals surface area contributed by atoms with Crippen LogP contribution in [0.1, 0.15) is 39.5 Å². The van der Waals surface area contributed by atoms with E-state index in [1.807, 2.05) is 13.8 Å². The Kier molecular flexibility index (Phi) is 3.59. The van der Waals surface area contributed by atoms with Crippen LogP contribution < -0.4 is 0 Å². The van der Waals surface area contributed by atoms with Crippen molar-refractivity contribution in [2.75, 3.05) is 6.61 Å². The zero-order valence-electron chi connectivity index (χ0n) is 10.9. The van der Waals surface area contributed by atoms with Gasteiger partial charge in [0.1, 0.15) is 0 Å². The minimum Gasteiger partial charge on any atom is -0.466 e. The Morgan fingerprint density at radius 1 is 1.67 bits per heavy atom. The van der Waals surface area contributed by atoms with Gasteiger partial charge in [-0.25, -0.2) is 4.79 Å². The monoisotopic (exact) mass is 253 g/mol. The summed E-state index contributed by atoms with van der Waals surface area (Å²) in [5.41, 5.74) is -0.0766. The van der Waals surface area contributed by atoms with E-state index in [1.54, 1.807) is 0 Å². The first-order valence-corrected chi connectivity index (χ1v) is 6.37. The van der Waals surface area contributed by atoms with E-state index in [4.69, 9.17) is 14.3 Å². The molecule has 0 saturated heterocycles. The highest BCUT2D eigenvalue weighted by Gasteiger charge is 2.58. The van der Waals surface area contributed by atoms with E-state index in [2.05, 4.69) is 11.7 Å². The van der Waals surface area contributed by atoms with Crippen molar-refractivity contribution >= 4 is 11.7 Å². The summed E-state index contributed by atoms with van der Waals surface area (Å²) in [6, 6.07) is 0. The number of carbonyl (C=O) groups excluding carboxylic acids is 1. The standard InChI is InChI=1S/C13H19NO4/c1-4-8-16-10(3)17-12(15)13-7-5-6-11(13)9(2)14-18-13/h11H,3-8H2,1-2H3.